The maximum Gasteiger partial charge on any atom is 0.208 e. The highest BCUT2D eigenvalue weighted by molar-refractivity contribution is 5.78. The summed E-state index contributed by atoms with van der Waals surface area (Å²) < 4.78 is 43.1. The summed E-state index contributed by atoms with van der Waals surface area (Å²) in [6.45, 7) is 1.94. The average Bonchev–Trinajstić information content (AvgIpc) is 3.37. The van der Waals surface area contributed by atoms with Crippen molar-refractivity contribution in [3.05, 3.63) is 65.3 Å². The van der Waals surface area contributed by atoms with Gasteiger partial charge in [-0.25, -0.2) is 0 Å². The number of nitrogens with zero attached hydrogens (tertiary/aromatic N) is 2. The summed E-state index contributed by atoms with van der Waals surface area (Å²) in [5.74, 6) is 3.81. The van der Waals surface area contributed by atoms with Gasteiger partial charge in [0.25, 0.3) is 0 Å². The van der Waals surface area contributed by atoms with E-state index in [9.17, 15) is 5.21 Å². The Labute approximate surface area is 264 Å². The van der Waals surface area contributed by atoms with Crippen LogP contribution in [0.4, 0.5) is 5.69 Å². The molecule has 0 bridgehead atoms. The van der Waals surface area contributed by atoms with Crippen molar-refractivity contribution in [2.45, 2.75) is 51.2 Å². The second-order valence-corrected chi connectivity index (χ2v) is 11.0. The first-order chi connectivity index (χ1) is 21.9. The Hall–Kier alpha value is -4.51. The largest absolute Gasteiger partial charge is 0.618 e. The van der Waals surface area contributed by atoms with E-state index >= 15 is 0 Å². The fourth-order valence-electron chi connectivity index (χ4n) is 5.85. The number of hydrogen-bond acceptors (Lipinski definition) is 9. The molecule has 0 spiro atoms. The molecule has 3 aromatic rings. The van der Waals surface area contributed by atoms with Gasteiger partial charge in [-0.2, -0.15) is 4.74 Å². The monoisotopic (exact) mass is 621 g/mol. The van der Waals surface area contributed by atoms with Crippen molar-refractivity contribution in [1.29, 1.82) is 0 Å². The van der Waals surface area contributed by atoms with Crippen LogP contribution < -0.4 is 34.2 Å². The summed E-state index contributed by atoms with van der Waals surface area (Å²) in [5.41, 5.74) is 8.25. The third-order valence-corrected chi connectivity index (χ3v) is 8.20. The zero-order valence-corrected chi connectivity index (χ0v) is 26.5. The molecule has 2 aromatic carbocycles. The fourth-order valence-corrected chi connectivity index (χ4v) is 5.85. The van der Waals surface area contributed by atoms with E-state index in [-0.39, 0.29) is 12.0 Å². The summed E-state index contributed by atoms with van der Waals surface area (Å²) >= 11 is 0. The Kier molecular flexibility index (Phi) is 10.6. The van der Waals surface area contributed by atoms with E-state index < -0.39 is 0 Å². The van der Waals surface area contributed by atoms with Crippen molar-refractivity contribution in [3.8, 4) is 40.2 Å². The molecule has 0 amide bonds. The van der Waals surface area contributed by atoms with E-state index in [1.165, 1.54) is 0 Å². The third kappa shape index (κ3) is 7.42. The van der Waals surface area contributed by atoms with Gasteiger partial charge in [0.05, 0.1) is 52.8 Å². The fraction of sp³-hybridized carbons (Fsp3) is 0.441. The van der Waals surface area contributed by atoms with Gasteiger partial charge in [-0.05, 0) is 56.4 Å². The molecule has 0 saturated heterocycles. The lowest BCUT2D eigenvalue weighted by Gasteiger charge is -2.29. The van der Waals surface area contributed by atoms with Gasteiger partial charge < -0.3 is 48.7 Å². The van der Waals surface area contributed by atoms with Crippen LogP contribution in [-0.4, -0.2) is 63.3 Å². The predicted octanol–water partition coefficient (Wildman–Crippen LogP) is 6.16. The maximum absolute atomic E-state index is 12.9. The second-order valence-electron chi connectivity index (χ2n) is 11.0. The van der Waals surface area contributed by atoms with E-state index in [1.807, 2.05) is 18.3 Å². The number of benzene rings is 2. The van der Waals surface area contributed by atoms with Crippen LogP contribution in [0.5, 0.6) is 40.2 Å². The van der Waals surface area contributed by atoms with Crippen LogP contribution >= 0.6 is 0 Å². The minimum atomic E-state index is 0.0135. The van der Waals surface area contributed by atoms with Gasteiger partial charge in [-0.3, -0.25) is 0 Å². The molecule has 0 radical (unpaired) electrons. The first-order valence-corrected chi connectivity index (χ1v) is 15.3. The second kappa shape index (κ2) is 15.0. The Morgan fingerprint density at radius 2 is 1.56 bits per heavy atom. The molecule has 11 heteroatoms. The number of nitrogen functional groups attached to an aromatic ring is 1. The van der Waals surface area contributed by atoms with Gasteiger partial charge in [0.15, 0.2) is 22.9 Å². The van der Waals surface area contributed by atoms with Crippen LogP contribution in [0.1, 0.15) is 44.2 Å². The zero-order valence-electron chi connectivity index (χ0n) is 26.5. The third-order valence-electron chi connectivity index (χ3n) is 8.20. The Bertz CT molecular complexity index is 1490. The molecule has 1 unspecified atom stereocenters. The Morgan fingerprint density at radius 3 is 2.27 bits per heavy atom. The van der Waals surface area contributed by atoms with Gasteiger partial charge in [0.2, 0.25) is 12.0 Å². The molecule has 5 rings (SSSR count). The number of nitrogens with two attached hydrogens (primary N) is 1. The van der Waals surface area contributed by atoms with Crippen molar-refractivity contribution in [2.75, 3.05) is 47.4 Å². The SMILES string of the molecule is COc1cc(Oc2cc(OCCCCCCOC3CCC=C4[C@@H]3Cn3ccc(OC)c3C=[N+]4[O-])ccc2N)cc(OC)c1OC. The van der Waals surface area contributed by atoms with E-state index in [0.29, 0.717) is 65.7 Å². The quantitative estimate of drug-likeness (QED) is 0.0920. The summed E-state index contributed by atoms with van der Waals surface area (Å²) in [6, 6.07) is 10.7. The lowest BCUT2D eigenvalue weighted by atomic mass is 9.89. The van der Waals surface area contributed by atoms with Crippen molar-refractivity contribution in [2.24, 2.45) is 5.92 Å². The molecular formula is C34H43N3O8. The molecule has 1 aromatic heterocycles. The topological polar surface area (TPSA) is 122 Å². The lowest BCUT2D eigenvalue weighted by Crippen LogP contribution is -2.33. The minimum Gasteiger partial charge on any atom is -0.618 e. The molecule has 11 nitrogen and oxygen atoms in total. The molecule has 2 aliphatic rings. The standard InChI is InChI=1S/C34H43N3O8/c1-39-30-14-15-36-21-25-27(37(38)22-28(30)36)10-9-11-29(25)44-17-8-6-5-7-16-43-23-12-13-26(35)31(18-23)45-24-19-32(40-2)34(42-4)33(20-24)41-3/h10,12-15,18-20,22,25,29H,5-9,11,16-17,21,35H2,1-4H3/t25-,29?/m0/s1. The van der Waals surface area contributed by atoms with Gasteiger partial charge >= 0.3 is 0 Å². The van der Waals surface area contributed by atoms with Gasteiger partial charge in [-0.1, -0.05) is 6.42 Å². The molecule has 0 saturated carbocycles. The molecule has 45 heavy (non-hydrogen) atoms. The molecular weight excluding hydrogens is 578 g/mol. The first kappa shape index (κ1) is 31.9. The van der Waals surface area contributed by atoms with Crippen LogP contribution in [0.2, 0.25) is 0 Å². The minimum absolute atomic E-state index is 0.0135. The van der Waals surface area contributed by atoms with Gasteiger partial charge in [-0.15, -0.1) is 0 Å². The number of methoxy groups -OCH3 is 4. The van der Waals surface area contributed by atoms with Crippen LogP contribution in [0.25, 0.3) is 0 Å². The number of aromatic nitrogens is 1. The number of allylic oxidation sites excluding steroid dienone is 1. The van der Waals surface area contributed by atoms with Crippen molar-refractivity contribution >= 4 is 11.9 Å². The first-order valence-electron chi connectivity index (χ1n) is 15.3. The Balaban J connectivity index is 1.05. The number of anilines is 1. The van der Waals surface area contributed by atoms with Crippen LogP contribution in [0, 0.1) is 11.1 Å². The van der Waals surface area contributed by atoms with Crippen LogP contribution in [-0.2, 0) is 11.3 Å². The summed E-state index contributed by atoms with van der Waals surface area (Å²) in [6.07, 6.45) is 11.3. The van der Waals surface area contributed by atoms with E-state index in [1.54, 1.807) is 58.9 Å². The van der Waals surface area contributed by atoms with Gasteiger partial charge in [0, 0.05) is 37.5 Å². The van der Waals surface area contributed by atoms with Crippen molar-refractivity contribution in [3.63, 3.8) is 0 Å². The highest BCUT2D eigenvalue weighted by Crippen LogP contribution is 2.43. The number of fused-ring (bicyclic) bond motifs is 2. The van der Waals surface area contributed by atoms with E-state index in [4.69, 9.17) is 38.9 Å². The highest BCUT2D eigenvalue weighted by atomic mass is 16.5. The average molecular weight is 622 g/mol. The van der Waals surface area contributed by atoms with E-state index in [2.05, 4.69) is 10.6 Å². The molecule has 2 N–H and O–H groups in total. The normalized spacial score (nSPS) is 17.2. The van der Waals surface area contributed by atoms with Crippen molar-refractivity contribution in [1.82, 2.24) is 4.57 Å². The molecule has 0 fully saturated rings. The smallest absolute Gasteiger partial charge is 0.208 e. The van der Waals surface area contributed by atoms with Gasteiger partial charge in [0.1, 0.15) is 22.9 Å². The maximum atomic E-state index is 12.9. The summed E-state index contributed by atoms with van der Waals surface area (Å²) in [7, 11) is 6.28. The lowest BCUT2D eigenvalue weighted by molar-refractivity contribution is -0.409. The number of unbranched alkanes of at least 4 members (excludes halogenated alkanes) is 3. The highest BCUT2D eigenvalue weighted by Gasteiger charge is 2.37. The van der Waals surface area contributed by atoms with Crippen LogP contribution in [0.15, 0.2) is 54.4 Å². The molecule has 1 aliphatic carbocycles. The number of ether oxygens (including phenoxy) is 7. The van der Waals surface area contributed by atoms with Crippen LogP contribution in [0.3, 0.4) is 0 Å². The van der Waals surface area contributed by atoms with Crippen molar-refractivity contribution < 1.29 is 37.9 Å². The molecule has 1 aliphatic heterocycles. The summed E-state index contributed by atoms with van der Waals surface area (Å²) in [5, 5.41) is 12.9. The molecule has 2 heterocycles. The molecule has 242 valence electrons. The number of hydroxylamine groups is 1. The number of hydrogen-bond donors (Lipinski definition) is 1. The number of rotatable bonds is 15. The molecule has 2 atom stereocenters. The van der Waals surface area contributed by atoms with E-state index in [0.717, 1.165) is 54.7 Å². The predicted molar refractivity (Wildman–Crippen MR) is 171 cm³/mol. The zero-order chi connectivity index (χ0) is 31.8. The summed E-state index contributed by atoms with van der Waals surface area (Å²) in [4.78, 5) is 0. The Morgan fingerprint density at radius 1 is 0.844 bits per heavy atom.